The summed E-state index contributed by atoms with van der Waals surface area (Å²) in [4.78, 5) is 2.06. The number of hydrogen-bond acceptors (Lipinski definition) is 5. The van der Waals surface area contributed by atoms with Gasteiger partial charge in [-0.1, -0.05) is 0 Å². The maximum atomic E-state index is 13.6. The Hall–Kier alpha value is -1.53. The molecule has 0 spiro atoms. The zero-order valence-corrected chi connectivity index (χ0v) is 11.9. The van der Waals surface area contributed by atoms with Crippen LogP contribution in [-0.2, 0) is 0 Å². The van der Waals surface area contributed by atoms with Crippen LogP contribution in [0, 0.1) is 0 Å². The van der Waals surface area contributed by atoms with Crippen molar-refractivity contribution in [3.63, 3.8) is 0 Å². The average Bonchev–Trinajstić information content (AvgIpc) is 2.49. The van der Waals surface area contributed by atoms with E-state index < -0.39 is 12.7 Å². The first kappa shape index (κ1) is 14.9. The lowest BCUT2D eigenvalue weighted by Crippen LogP contribution is -2.45. The largest absolute Gasteiger partial charge is 0.508 e. The van der Waals surface area contributed by atoms with Crippen molar-refractivity contribution >= 4 is 0 Å². The van der Waals surface area contributed by atoms with Gasteiger partial charge in [0.05, 0.1) is 25.8 Å². The molecule has 1 aliphatic rings. The standard InChI is InChI=1S/C14H21FN2O3/c1-19-12-7-10(18)8-13(20-2)14(12)11(9-15)17-5-3-16-4-6-17/h7-8,11,16,18H,3-6,9H2,1-2H3/t11-/m1/s1. The van der Waals surface area contributed by atoms with E-state index in [9.17, 15) is 9.50 Å². The van der Waals surface area contributed by atoms with E-state index in [1.54, 1.807) is 0 Å². The molecular formula is C14H21FN2O3. The molecule has 6 heteroatoms. The third kappa shape index (κ3) is 2.96. The van der Waals surface area contributed by atoms with Crippen LogP contribution in [0.15, 0.2) is 12.1 Å². The number of phenols is 1. The number of hydrogen-bond donors (Lipinski definition) is 2. The van der Waals surface area contributed by atoms with Gasteiger partial charge in [0.15, 0.2) is 0 Å². The molecular weight excluding hydrogens is 263 g/mol. The predicted octanol–water partition coefficient (Wildman–Crippen LogP) is 1.33. The summed E-state index contributed by atoms with van der Waals surface area (Å²) in [6, 6.07) is 2.55. The number of alkyl halides is 1. The van der Waals surface area contributed by atoms with Crippen molar-refractivity contribution in [2.75, 3.05) is 47.1 Å². The lowest BCUT2D eigenvalue weighted by atomic mass is 10.0. The van der Waals surface area contributed by atoms with Crippen LogP contribution in [0.2, 0.25) is 0 Å². The van der Waals surface area contributed by atoms with Crippen molar-refractivity contribution in [1.29, 1.82) is 0 Å². The van der Waals surface area contributed by atoms with E-state index in [4.69, 9.17) is 9.47 Å². The molecule has 112 valence electrons. The number of phenolic OH excluding ortho intramolecular Hbond substituents is 1. The SMILES string of the molecule is COc1cc(O)cc(OC)c1[C@@H](CF)N1CCNCC1. The monoisotopic (exact) mass is 284 g/mol. The summed E-state index contributed by atoms with van der Waals surface area (Å²) in [5.74, 6) is 0.937. The second-order valence-corrected chi connectivity index (χ2v) is 4.72. The number of ether oxygens (including phenoxy) is 2. The number of benzene rings is 1. The Morgan fingerprint density at radius 2 is 1.80 bits per heavy atom. The van der Waals surface area contributed by atoms with Crippen molar-refractivity contribution in [2.24, 2.45) is 0 Å². The van der Waals surface area contributed by atoms with Crippen molar-refractivity contribution in [2.45, 2.75) is 6.04 Å². The van der Waals surface area contributed by atoms with Crippen LogP contribution in [0.4, 0.5) is 4.39 Å². The Morgan fingerprint density at radius 1 is 1.25 bits per heavy atom. The van der Waals surface area contributed by atoms with Gasteiger partial charge in [-0.2, -0.15) is 0 Å². The van der Waals surface area contributed by atoms with Crippen molar-refractivity contribution in [3.8, 4) is 17.2 Å². The van der Waals surface area contributed by atoms with Crippen molar-refractivity contribution in [1.82, 2.24) is 10.2 Å². The number of nitrogens with one attached hydrogen (secondary N) is 1. The molecule has 1 heterocycles. The summed E-state index contributed by atoms with van der Waals surface area (Å²) in [6.45, 7) is 2.67. The molecule has 1 aliphatic heterocycles. The normalized spacial score (nSPS) is 17.8. The molecule has 1 saturated heterocycles. The molecule has 1 aromatic carbocycles. The minimum Gasteiger partial charge on any atom is -0.508 e. The molecule has 0 unspecified atom stereocenters. The number of nitrogens with zero attached hydrogens (tertiary/aromatic N) is 1. The quantitative estimate of drug-likeness (QED) is 0.854. The minimum atomic E-state index is -0.530. The Morgan fingerprint density at radius 3 is 2.25 bits per heavy atom. The van der Waals surface area contributed by atoms with Crippen molar-refractivity contribution < 1.29 is 19.0 Å². The van der Waals surface area contributed by atoms with Gasteiger partial charge in [0.1, 0.15) is 23.9 Å². The van der Waals surface area contributed by atoms with E-state index in [0.717, 1.165) is 26.2 Å². The smallest absolute Gasteiger partial charge is 0.131 e. The summed E-state index contributed by atoms with van der Waals surface area (Å²) < 4.78 is 24.2. The minimum absolute atomic E-state index is 0.0420. The first-order valence-corrected chi connectivity index (χ1v) is 6.66. The Labute approximate surface area is 118 Å². The molecule has 5 nitrogen and oxygen atoms in total. The molecule has 0 amide bonds. The maximum Gasteiger partial charge on any atom is 0.131 e. The van der Waals surface area contributed by atoms with Crippen LogP contribution >= 0.6 is 0 Å². The third-order valence-electron chi connectivity index (χ3n) is 3.60. The summed E-state index contributed by atoms with van der Waals surface area (Å²) in [5, 5.41) is 12.9. The number of halogens is 1. The zero-order valence-electron chi connectivity index (χ0n) is 11.9. The van der Waals surface area contributed by atoms with Gasteiger partial charge in [-0.05, 0) is 0 Å². The number of piperazine rings is 1. The van der Waals surface area contributed by atoms with Gasteiger partial charge < -0.3 is 19.9 Å². The van der Waals surface area contributed by atoms with Crippen molar-refractivity contribution in [3.05, 3.63) is 17.7 Å². The van der Waals surface area contributed by atoms with E-state index in [1.807, 2.05) is 0 Å². The molecule has 0 saturated carbocycles. The van der Waals surface area contributed by atoms with Crippen LogP contribution in [-0.4, -0.2) is 57.1 Å². The lowest BCUT2D eigenvalue weighted by molar-refractivity contribution is 0.142. The number of rotatable bonds is 5. The maximum absolute atomic E-state index is 13.6. The number of methoxy groups -OCH3 is 2. The Bertz CT molecular complexity index is 425. The highest BCUT2D eigenvalue weighted by molar-refractivity contribution is 5.52. The first-order chi connectivity index (χ1) is 9.71. The van der Waals surface area contributed by atoms with E-state index in [0.29, 0.717) is 17.1 Å². The molecule has 1 atom stereocenters. The lowest BCUT2D eigenvalue weighted by Gasteiger charge is -2.34. The highest BCUT2D eigenvalue weighted by Gasteiger charge is 2.28. The summed E-state index contributed by atoms with van der Waals surface area (Å²) >= 11 is 0. The van der Waals surface area contributed by atoms with Gasteiger partial charge in [-0.15, -0.1) is 0 Å². The van der Waals surface area contributed by atoms with Gasteiger partial charge in [-0.25, -0.2) is 4.39 Å². The highest BCUT2D eigenvalue weighted by Crippen LogP contribution is 2.40. The van der Waals surface area contributed by atoms with Crippen LogP contribution in [0.1, 0.15) is 11.6 Å². The molecule has 0 aliphatic carbocycles. The molecule has 2 rings (SSSR count). The molecule has 0 bridgehead atoms. The Balaban J connectivity index is 2.41. The van der Waals surface area contributed by atoms with Crippen LogP contribution < -0.4 is 14.8 Å². The first-order valence-electron chi connectivity index (χ1n) is 6.66. The average molecular weight is 284 g/mol. The van der Waals surface area contributed by atoms with Gasteiger partial charge in [0.25, 0.3) is 0 Å². The second-order valence-electron chi connectivity index (χ2n) is 4.72. The van der Waals surface area contributed by atoms with Gasteiger partial charge >= 0.3 is 0 Å². The van der Waals surface area contributed by atoms with E-state index in [-0.39, 0.29) is 5.75 Å². The Kier molecular flexibility index (Phi) is 5.03. The van der Waals surface area contributed by atoms with E-state index in [2.05, 4.69) is 10.2 Å². The zero-order chi connectivity index (χ0) is 14.5. The predicted molar refractivity (Wildman–Crippen MR) is 74.4 cm³/mol. The van der Waals surface area contributed by atoms with E-state index in [1.165, 1.54) is 26.4 Å². The summed E-state index contributed by atoms with van der Waals surface area (Å²) in [7, 11) is 3.01. The molecule has 0 aromatic heterocycles. The van der Waals surface area contributed by atoms with Crippen LogP contribution in [0.3, 0.4) is 0 Å². The summed E-state index contributed by atoms with van der Waals surface area (Å²) in [5.41, 5.74) is 0.650. The molecule has 0 radical (unpaired) electrons. The fourth-order valence-corrected chi connectivity index (χ4v) is 2.60. The van der Waals surface area contributed by atoms with Gasteiger partial charge in [0, 0.05) is 38.3 Å². The fourth-order valence-electron chi connectivity index (χ4n) is 2.60. The number of aromatic hydroxyl groups is 1. The van der Waals surface area contributed by atoms with Crippen LogP contribution in [0.25, 0.3) is 0 Å². The van der Waals surface area contributed by atoms with E-state index >= 15 is 0 Å². The molecule has 1 aromatic rings. The fraction of sp³-hybridized carbons (Fsp3) is 0.571. The summed E-state index contributed by atoms with van der Waals surface area (Å²) in [6.07, 6.45) is 0. The molecule has 20 heavy (non-hydrogen) atoms. The van der Waals surface area contributed by atoms with Gasteiger partial charge in [0.2, 0.25) is 0 Å². The van der Waals surface area contributed by atoms with Gasteiger partial charge in [-0.3, -0.25) is 4.90 Å². The molecule has 2 N–H and O–H groups in total. The topological polar surface area (TPSA) is 54.0 Å². The highest BCUT2D eigenvalue weighted by atomic mass is 19.1. The third-order valence-corrected chi connectivity index (χ3v) is 3.60. The van der Waals surface area contributed by atoms with Crippen LogP contribution in [0.5, 0.6) is 17.2 Å². The second kappa shape index (κ2) is 6.76. The molecule has 1 fully saturated rings.